The first kappa shape index (κ1) is 11.8. The Labute approximate surface area is 96.9 Å². The summed E-state index contributed by atoms with van der Waals surface area (Å²) < 4.78 is 0. The van der Waals surface area contributed by atoms with Crippen molar-refractivity contribution in [2.75, 3.05) is 46.3 Å². The third kappa shape index (κ3) is 2.07. The van der Waals surface area contributed by atoms with Crippen LogP contribution in [0.15, 0.2) is 0 Å². The summed E-state index contributed by atoms with van der Waals surface area (Å²) in [7, 11) is 2.06. The topological polar surface area (TPSA) is 61.6 Å². The molecular formula is C11H22N4O. The van der Waals surface area contributed by atoms with Gasteiger partial charge in [0.25, 0.3) is 0 Å². The molecule has 0 aromatic rings. The average molecular weight is 226 g/mol. The molecule has 1 atom stereocenters. The summed E-state index contributed by atoms with van der Waals surface area (Å²) in [6, 6.07) is 0. The van der Waals surface area contributed by atoms with Crippen LogP contribution in [0.25, 0.3) is 0 Å². The van der Waals surface area contributed by atoms with Gasteiger partial charge in [-0.2, -0.15) is 0 Å². The van der Waals surface area contributed by atoms with E-state index in [0.717, 1.165) is 52.1 Å². The highest BCUT2D eigenvalue weighted by molar-refractivity contribution is 5.85. The number of likely N-dealkylation sites (tertiary alicyclic amines) is 1. The molecule has 2 saturated heterocycles. The molecule has 0 saturated carbocycles. The molecule has 0 spiro atoms. The van der Waals surface area contributed by atoms with E-state index in [0.29, 0.717) is 0 Å². The minimum Gasteiger partial charge on any atom is -0.368 e. The monoisotopic (exact) mass is 226 g/mol. The zero-order chi connectivity index (χ0) is 11.6. The number of hydrogen-bond acceptors (Lipinski definition) is 4. The van der Waals surface area contributed by atoms with Crippen molar-refractivity contribution >= 4 is 5.91 Å². The van der Waals surface area contributed by atoms with Crippen LogP contribution in [-0.4, -0.2) is 67.6 Å². The minimum atomic E-state index is -0.416. The first-order valence-electron chi connectivity index (χ1n) is 6.09. The van der Waals surface area contributed by atoms with Crippen molar-refractivity contribution in [2.24, 2.45) is 5.73 Å². The van der Waals surface area contributed by atoms with Gasteiger partial charge in [0.15, 0.2) is 0 Å². The first-order chi connectivity index (χ1) is 7.65. The third-order valence-electron chi connectivity index (χ3n) is 3.84. The minimum absolute atomic E-state index is 0.154. The predicted octanol–water partition coefficient (Wildman–Crippen LogP) is -1.16. The van der Waals surface area contributed by atoms with Crippen molar-refractivity contribution in [3.63, 3.8) is 0 Å². The Morgan fingerprint density at radius 3 is 2.75 bits per heavy atom. The van der Waals surface area contributed by atoms with Gasteiger partial charge in [0.2, 0.25) is 5.91 Å². The number of likely N-dealkylation sites (N-methyl/N-ethyl adjacent to an activating group) is 1. The van der Waals surface area contributed by atoms with Crippen molar-refractivity contribution in [3.05, 3.63) is 0 Å². The number of nitrogens with two attached hydrogens (primary N) is 1. The van der Waals surface area contributed by atoms with Crippen LogP contribution < -0.4 is 11.1 Å². The van der Waals surface area contributed by atoms with Gasteiger partial charge in [0, 0.05) is 32.7 Å². The number of amides is 1. The maximum Gasteiger partial charge on any atom is 0.239 e. The zero-order valence-electron chi connectivity index (χ0n) is 10.0. The summed E-state index contributed by atoms with van der Waals surface area (Å²) in [4.78, 5) is 16.3. The van der Waals surface area contributed by atoms with Gasteiger partial charge in [-0.25, -0.2) is 0 Å². The molecule has 0 aromatic carbocycles. The fourth-order valence-corrected chi connectivity index (χ4v) is 2.87. The van der Waals surface area contributed by atoms with Gasteiger partial charge < -0.3 is 16.0 Å². The fourth-order valence-electron chi connectivity index (χ4n) is 2.87. The molecule has 2 rings (SSSR count). The van der Waals surface area contributed by atoms with Crippen LogP contribution in [0.2, 0.25) is 0 Å². The summed E-state index contributed by atoms with van der Waals surface area (Å²) in [5.74, 6) is -0.154. The van der Waals surface area contributed by atoms with Crippen LogP contribution in [0.5, 0.6) is 0 Å². The lowest BCUT2D eigenvalue weighted by Crippen LogP contribution is -2.59. The molecular weight excluding hydrogens is 204 g/mol. The highest BCUT2D eigenvalue weighted by Crippen LogP contribution is 2.27. The molecule has 0 radical (unpaired) electrons. The smallest absolute Gasteiger partial charge is 0.239 e. The SMILES string of the molecule is CN1CCC(C(N)=O)(N2CCCNCC2)C1. The molecule has 0 aromatic heterocycles. The van der Waals surface area contributed by atoms with Crippen molar-refractivity contribution in [1.82, 2.24) is 15.1 Å². The predicted molar refractivity (Wildman–Crippen MR) is 63.1 cm³/mol. The van der Waals surface area contributed by atoms with E-state index in [4.69, 9.17) is 5.73 Å². The second-order valence-electron chi connectivity index (χ2n) is 4.97. The van der Waals surface area contributed by atoms with E-state index in [-0.39, 0.29) is 5.91 Å². The maximum absolute atomic E-state index is 11.8. The van der Waals surface area contributed by atoms with Crippen molar-refractivity contribution in [2.45, 2.75) is 18.4 Å². The quantitative estimate of drug-likeness (QED) is 0.623. The Balaban J connectivity index is 2.14. The van der Waals surface area contributed by atoms with E-state index in [1.807, 2.05) is 0 Å². The van der Waals surface area contributed by atoms with Gasteiger partial charge in [-0.15, -0.1) is 0 Å². The number of primary amides is 1. The Hall–Kier alpha value is -0.650. The molecule has 0 bridgehead atoms. The van der Waals surface area contributed by atoms with Gasteiger partial charge in [-0.05, 0) is 26.4 Å². The molecule has 2 fully saturated rings. The van der Waals surface area contributed by atoms with Crippen LogP contribution in [0.4, 0.5) is 0 Å². The van der Waals surface area contributed by atoms with Crippen molar-refractivity contribution < 1.29 is 4.79 Å². The number of hydrogen-bond donors (Lipinski definition) is 2. The molecule has 2 aliphatic rings. The highest BCUT2D eigenvalue weighted by Gasteiger charge is 2.46. The van der Waals surface area contributed by atoms with Gasteiger partial charge in [-0.3, -0.25) is 9.69 Å². The molecule has 2 aliphatic heterocycles. The van der Waals surface area contributed by atoms with Crippen LogP contribution in [0, 0.1) is 0 Å². The lowest BCUT2D eigenvalue weighted by Gasteiger charge is -2.37. The van der Waals surface area contributed by atoms with Crippen LogP contribution >= 0.6 is 0 Å². The van der Waals surface area contributed by atoms with Gasteiger partial charge >= 0.3 is 0 Å². The van der Waals surface area contributed by atoms with Gasteiger partial charge in [0.05, 0.1) is 0 Å². The normalized spacial score (nSPS) is 33.8. The zero-order valence-corrected chi connectivity index (χ0v) is 10.0. The van der Waals surface area contributed by atoms with E-state index in [9.17, 15) is 4.79 Å². The molecule has 92 valence electrons. The van der Waals surface area contributed by atoms with Crippen LogP contribution in [-0.2, 0) is 4.79 Å². The average Bonchev–Trinajstić information content (AvgIpc) is 2.51. The molecule has 5 nitrogen and oxygen atoms in total. The van der Waals surface area contributed by atoms with E-state index < -0.39 is 5.54 Å². The third-order valence-corrected chi connectivity index (χ3v) is 3.84. The summed E-state index contributed by atoms with van der Waals surface area (Å²) in [5.41, 5.74) is 5.23. The number of nitrogens with one attached hydrogen (secondary N) is 1. The molecule has 2 heterocycles. The van der Waals surface area contributed by atoms with E-state index in [2.05, 4.69) is 22.2 Å². The van der Waals surface area contributed by atoms with Crippen LogP contribution in [0.1, 0.15) is 12.8 Å². The number of nitrogens with zero attached hydrogens (tertiary/aromatic N) is 2. The maximum atomic E-state index is 11.8. The van der Waals surface area contributed by atoms with Crippen molar-refractivity contribution in [1.29, 1.82) is 0 Å². The van der Waals surface area contributed by atoms with E-state index in [1.54, 1.807) is 0 Å². The Morgan fingerprint density at radius 2 is 2.12 bits per heavy atom. The molecule has 5 heteroatoms. The molecule has 1 unspecified atom stereocenters. The van der Waals surface area contributed by atoms with Gasteiger partial charge in [0.1, 0.15) is 5.54 Å². The number of carbonyl (C=O) groups excluding carboxylic acids is 1. The molecule has 3 N–H and O–H groups in total. The van der Waals surface area contributed by atoms with E-state index >= 15 is 0 Å². The lowest BCUT2D eigenvalue weighted by atomic mass is 9.94. The highest BCUT2D eigenvalue weighted by atomic mass is 16.1. The number of carbonyl (C=O) groups is 1. The Kier molecular flexibility index (Phi) is 3.47. The Bertz CT molecular complexity index is 263. The Morgan fingerprint density at radius 1 is 1.31 bits per heavy atom. The summed E-state index contributed by atoms with van der Waals surface area (Å²) >= 11 is 0. The summed E-state index contributed by atoms with van der Waals surface area (Å²) in [5, 5.41) is 3.36. The summed E-state index contributed by atoms with van der Waals surface area (Å²) in [6.45, 7) is 5.65. The van der Waals surface area contributed by atoms with E-state index in [1.165, 1.54) is 0 Å². The standard InChI is InChI=1S/C11H22N4O/c1-14-7-3-11(9-14,10(12)16)15-6-2-4-13-5-8-15/h13H,2-9H2,1H3,(H2,12,16). The first-order valence-corrected chi connectivity index (χ1v) is 6.09. The van der Waals surface area contributed by atoms with Gasteiger partial charge in [-0.1, -0.05) is 0 Å². The van der Waals surface area contributed by atoms with Crippen LogP contribution in [0.3, 0.4) is 0 Å². The second kappa shape index (κ2) is 4.69. The lowest BCUT2D eigenvalue weighted by molar-refractivity contribution is -0.129. The molecule has 0 aliphatic carbocycles. The number of rotatable bonds is 2. The fraction of sp³-hybridized carbons (Fsp3) is 0.909. The summed E-state index contributed by atoms with van der Waals surface area (Å²) in [6.07, 6.45) is 1.97. The molecule has 1 amide bonds. The van der Waals surface area contributed by atoms with Crippen molar-refractivity contribution in [3.8, 4) is 0 Å². The largest absolute Gasteiger partial charge is 0.368 e. The molecule has 16 heavy (non-hydrogen) atoms. The second-order valence-corrected chi connectivity index (χ2v) is 4.97.